The first-order valence-electron chi connectivity index (χ1n) is 28.3. The third kappa shape index (κ3) is 53.3. The van der Waals surface area contributed by atoms with Crippen LogP contribution in [-0.2, 0) is 32.7 Å². The molecule has 10 nitrogen and oxygen atoms in total. The summed E-state index contributed by atoms with van der Waals surface area (Å²) >= 11 is 0. The van der Waals surface area contributed by atoms with Crippen molar-refractivity contribution in [3.63, 3.8) is 0 Å². The van der Waals surface area contributed by atoms with Gasteiger partial charge in [0.1, 0.15) is 12.1 Å². The van der Waals surface area contributed by atoms with Crippen LogP contribution in [0.25, 0.3) is 0 Å². The average Bonchev–Trinajstić information content (AvgIpc) is 3.33. The van der Waals surface area contributed by atoms with Crippen molar-refractivity contribution in [1.29, 1.82) is 0 Å². The lowest BCUT2D eigenvalue weighted by molar-refractivity contribution is -0.154. The summed E-state index contributed by atoms with van der Waals surface area (Å²) in [6, 6.07) is -1.48. The Morgan fingerprint density at radius 2 is 0.841 bits per heavy atom. The molecule has 0 aliphatic carbocycles. The number of rotatable bonds is 54. The average molecular weight is 992 g/mol. The maximum absolute atomic E-state index is 12.7. The largest absolute Gasteiger partial charge is 0.480 e. The molecule has 0 aromatic rings. The van der Waals surface area contributed by atoms with Crippen LogP contribution in [0.1, 0.15) is 258 Å². The van der Waals surface area contributed by atoms with Gasteiger partial charge >= 0.3 is 19.8 Å². The topological polar surface area (TPSA) is 155 Å². The molecule has 0 bridgehead atoms. The van der Waals surface area contributed by atoms with Crippen molar-refractivity contribution in [2.24, 2.45) is 5.73 Å². The van der Waals surface area contributed by atoms with E-state index in [-0.39, 0.29) is 13.0 Å². The predicted octanol–water partition coefficient (Wildman–Crippen LogP) is 17.1. The SMILES string of the molecule is CC/C=C\C/C=C\C/C=C\C/C=C\CCCCCCCCCCCCCOCC(COP(=O)(O)OCC(N)C(=O)O)OC(=O)CCCCCCCCCCCCC/C=C\CCCCCCCCCC. The summed E-state index contributed by atoms with van der Waals surface area (Å²) in [7, 11) is -4.63. The summed E-state index contributed by atoms with van der Waals surface area (Å²) < 4.78 is 33.6. The summed E-state index contributed by atoms with van der Waals surface area (Å²) in [5.41, 5.74) is 5.39. The maximum atomic E-state index is 12.7. The molecule has 11 heteroatoms. The Kier molecular flexibility index (Phi) is 51.7. The van der Waals surface area contributed by atoms with Gasteiger partial charge in [-0.3, -0.25) is 18.6 Å². The molecule has 402 valence electrons. The normalized spacial score (nSPS) is 14.0. The van der Waals surface area contributed by atoms with Crippen molar-refractivity contribution in [3.05, 3.63) is 60.8 Å². The third-order valence-electron chi connectivity index (χ3n) is 12.3. The van der Waals surface area contributed by atoms with Crippen LogP contribution < -0.4 is 5.73 Å². The van der Waals surface area contributed by atoms with E-state index < -0.39 is 45.1 Å². The highest BCUT2D eigenvalue weighted by atomic mass is 31.2. The molecule has 0 fully saturated rings. The second-order valence-electron chi connectivity index (χ2n) is 19.0. The molecule has 3 atom stereocenters. The monoisotopic (exact) mass is 992 g/mol. The molecule has 0 amide bonds. The number of carboxylic acid groups (broad SMARTS) is 1. The van der Waals surface area contributed by atoms with Crippen LogP contribution in [0.5, 0.6) is 0 Å². The number of carboxylic acids is 1. The fraction of sp³-hybridized carbons (Fsp3) is 0.793. The highest BCUT2D eigenvalue weighted by Gasteiger charge is 2.27. The first-order valence-corrected chi connectivity index (χ1v) is 29.8. The van der Waals surface area contributed by atoms with Gasteiger partial charge < -0.3 is 25.2 Å². The van der Waals surface area contributed by atoms with Crippen LogP contribution in [0, 0.1) is 0 Å². The first-order chi connectivity index (χ1) is 33.7. The van der Waals surface area contributed by atoms with Gasteiger partial charge in [0, 0.05) is 13.0 Å². The van der Waals surface area contributed by atoms with Gasteiger partial charge in [0.2, 0.25) is 0 Å². The Labute approximate surface area is 423 Å². The second-order valence-corrected chi connectivity index (χ2v) is 20.5. The van der Waals surface area contributed by atoms with E-state index in [4.69, 9.17) is 29.4 Å². The Morgan fingerprint density at radius 3 is 1.28 bits per heavy atom. The van der Waals surface area contributed by atoms with Crippen molar-refractivity contribution in [3.8, 4) is 0 Å². The first kappa shape index (κ1) is 66.7. The zero-order chi connectivity index (χ0) is 50.4. The Bertz CT molecular complexity index is 1330. The number of carbonyl (C=O) groups excluding carboxylic acids is 1. The van der Waals surface area contributed by atoms with E-state index in [1.165, 1.54) is 167 Å². The highest BCUT2D eigenvalue weighted by Crippen LogP contribution is 2.43. The van der Waals surface area contributed by atoms with Gasteiger partial charge in [0.05, 0.1) is 19.8 Å². The van der Waals surface area contributed by atoms with Crippen LogP contribution in [-0.4, -0.2) is 60.5 Å². The van der Waals surface area contributed by atoms with Gasteiger partial charge in [-0.1, -0.05) is 235 Å². The number of carbonyl (C=O) groups is 2. The minimum atomic E-state index is -4.63. The van der Waals surface area contributed by atoms with E-state index in [2.05, 4.69) is 74.6 Å². The van der Waals surface area contributed by atoms with Gasteiger partial charge in [-0.2, -0.15) is 0 Å². The number of phosphoric ester groups is 1. The molecule has 0 saturated heterocycles. The number of nitrogens with two attached hydrogens (primary N) is 1. The lowest BCUT2D eigenvalue weighted by Crippen LogP contribution is -2.34. The predicted molar refractivity (Wildman–Crippen MR) is 291 cm³/mol. The minimum Gasteiger partial charge on any atom is -0.480 e. The van der Waals surface area contributed by atoms with E-state index >= 15 is 0 Å². The van der Waals surface area contributed by atoms with Gasteiger partial charge in [-0.25, -0.2) is 4.57 Å². The molecule has 4 N–H and O–H groups in total. The standard InChI is InChI=1S/C58H106NO9P/c1-3-5-7-9-11-13-15-17-19-21-23-25-27-29-31-33-35-37-39-41-43-45-47-49-51-65-52-55(53-66-69(63,64)67-54-56(59)58(61)62)68-57(60)50-48-46-44-42-40-38-36-34-32-30-28-26-24-22-20-18-16-14-12-10-8-6-4-2/h5,7,11,13,17,19,22-25,55-56H,3-4,6,8-10,12,14-16,18,20-21,26-54,59H2,1-2H3,(H,61,62)(H,63,64)/b7-5-,13-11-,19-17-,24-22-,25-23-. The Hall–Kier alpha value is -2.33. The molecule has 0 aliphatic heterocycles. The number of phosphoric acid groups is 1. The zero-order valence-corrected chi connectivity index (χ0v) is 45.3. The lowest BCUT2D eigenvalue weighted by Gasteiger charge is -2.20. The number of hydrogen-bond acceptors (Lipinski definition) is 8. The number of unbranched alkanes of at least 4 members (excludes halogenated alkanes) is 30. The summed E-state index contributed by atoms with van der Waals surface area (Å²) in [6.07, 6.45) is 67.1. The van der Waals surface area contributed by atoms with Gasteiger partial charge in [-0.15, -0.1) is 0 Å². The molecule has 0 aromatic heterocycles. The van der Waals surface area contributed by atoms with E-state index in [1.54, 1.807) is 0 Å². The summed E-state index contributed by atoms with van der Waals surface area (Å²) in [5.74, 6) is -1.77. The molecule has 0 spiro atoms. The highest BCUT2D eigenvalue weighted by molar-refractivity contribution is 7.47. The quantitative estimate of drug-likeness (QED) is 0.0232. The van der Waals surface area contributed by atoms with Crippen molar-refractivity contribution in [2.75, 3.05) is 26.4 Å². The smallest absolute Gasteiger partial charge is 0.472 e. The van der Waals surface area contributed by atoms with Crippen LogP contribution in [0.4, 0.5) is 0 Å². The number of ether oxygens (including phenoxy) is 2. The van der Waals surface area contributed by atoms with Crippen LogP contribution in [0.15, 0.2) is 60.8 Å². The Morgan fingerprint density at radius 1 is 0.478 bits per heavy atom. The van der Waals surface area contributed by atoms with E-state index in [9.17, 15) is 19.0 Å². The molecule has 3 unspecified atom stereocenters. The van der Waals surface area contributed by atoms with Crippen molar-refractivity contribution < 1.29 is 42.7 Å². The van der Waals surface area contributed by atoms with Gasteiger partial charge in [0.15, 0.2) is 0 Å². The van der Waals surface area contributed by atoms with Crippen molar-refractivity contribution in [1.82, 2.24) is 0 Å². The third-order valence-corrected chi connectivity index (χ3v) is 13.2. The molecule has 0 aromatic carbocycles. The summed E-state index contributed by atoms with van der Waals surface area (Å²) in [4.78, 5) is 33.8. The number of aliphatic carboxylic acids is 1. The summed E-state index contributed by atoms with van der Waals surface area (Å²) in [6.45, 7) is 3.80. The second kappa shape index (κ2) is 53.5. The van der Waals surface area contributed by atoms with Crippen LogP contribution in [0.2, 0.25) is 0 Å². The molecule has 0 heterocycles. The van der Waals surface area contributed by atoms with Crippen molar-refractivity contribution in [2.45, 2.75) is 270 Å². The van der Waals surface area contributed by atoms with Crippen LogP contribution >= 0.6 is 7.82 Å². The molecule has 0 aliphatic rings. The molecule has 69 heavy (non-hydrogen) atoms. The van der Waals surface area contributed by atoms with E-state index in [0.29, 0.717) is 13.0 Å². The van der Waals surface area contributed by atoms with E-state index in [0.717, 1.165) is 64.2 Å². The van der Waals surface area contributed by atoms with Crippen molar-refractivity contribution >= 4 is 19.8 Å². The fourth-order valence-corrected chi connectivity index (χ4v) is 8.72. The van der Waals surface area contributed by atoms with E-state index in [1.807, 2.05) is 0 Å². The molecule has 0 radical (unpaired) electrons. The van der Waals surface area contributed by atoms with Gasteiger partial charge in [-0.05, 0) is 77.0 Å². The molecular weight excluding hydrogens is 886 g/mol. The lowest BCUT2D eigenvalue weighted by atomic mass is 10.0. The number of allylic oxidation sites excluding steroid dienone is 10. The Balaban J connectivity index is 4.08. The minimum absolute atomic E-state index is 0.0142. The number of esters is 1. The summed E-state index contributed by atoms with van der Waals surface area (Å²) in [5, 5.41) is 8.95. The number of hydrogen-bond donors (Lipinski definition) is 3. The zero-order valence-electron chi connectivity index (χ0n) is 44.4. The maximum Gasteiger partial charge on any atom is 0.472 e. The molecular formula is C58H106NO9P. The molecule has 0 rings (SSSR count). The van der Waals surface area contributed by atoms with Gasteiger partial charge in [0.25, 0.3) is 0 Å². The fourth-order valence-electron chi connectivity index (χ4n) is 7.95. The molecule has 0 saturated carbocycles. The van der Waals surface area contributed by atoms with Crippen LogP contribution in [0.3, 0.4) is 0 Å².